The molecule has 1 aromatic carbocycles. The van der Waals surface area contributed by atoms with Gasteiger partial charge >= 0.3 is 9.24 Å². The number of nitrogens with one attached hydrogen (secondary N) is 2. The average Bonchev–Trinajstić information content (AvgIpc) is 2.47. The van der Waals surface area contributed by atoms with E-state index in [0.29, 0.717) is 5.69 Å². The number of H-pyrrole nitrogens is 1. The highest BCUT2D eigenvalue weighted by molar-refractivity contribution is 8.14. The summed E-state index contributed by atoms with van der Waals surface area (Å²) in [5.41, 5.74) is 1.15. The summed E-state index contributed by atoms with van der Waals surface area (Å²) in [6.07, 6.45) is 1.65. The Labute approximate surface area is 84.6 Å². The predicted octanol–water partition coefficient (Wildman–Crippen LogP) is 1.46. The third-order valence-electron chi connectivity index (χ3n) is 1.68. The third-order valence-corrected chi connectivity index (χ3v) is 2.39. The molecule has 14 heavy (non-hydrogen) atoms. The summed E-state index contributed by atoms with van der Waals surface area (Å²) < 4.78 is 23.6. The van der Waals surface area contributed by atoms with Crippen molar-refractivity contribution in [3.05, 3.63) is 24.4 Å². The molecule has 1 heterocycles. The lowest BCUT2D eigenvalue weighted by Crippen LogP contribution is -2.03. The number of hydrogen-bond donors (Lipinski definition) is 2. The van der Waals surface area contributed by atoms with Crippen LogP contribution in [0, 0.1) is 0 Å². The topological polar surface area (TPSA) is 74.8 Å². The fourth-order valence-electron chi connectivity index (χ4n) is 1.14. The largest absolute Gasteiger partial charge is 0.319 e. The Balaban J connectivity index is 2.44. The van der Waals surface area contributed by atoms with Gasteiger partial charge in [-0.2, -0.15) is 13.5 Å². The number of halogens is 1. The molecule has 2 N–H and O–H groups in total. The zero-order valence-corrected chi connectivity index (χ0v) is 8.43. The number of anilines is 1. The number of rotatable bonds is 2. The van der Waals surface area contributed by atoms with E-state index in [0.717, 1.165) is 10.9 Å². The minimum absolute atomic E-state index is 0.400. The van der Waals surface area contributed by atoms with Crippen molar-refractivity contribution in [3.8, 4) is 0 Å². The van der Waals surface area contributed by atoms with Crippen LogP contribution < -0.4 is 4.72 Å². The van der Waals surface area contributed by atoms with Crippen LogP contribution in [0.1, 0.15) is 0 Å². The average molecular weight is 232 g/mol. The van der Waals surface area contributed by atoms with Gasteiger partial charge in [-0.1, -0.05) is 0 Å². The van der Waals surface area contributed by atoms with Gasteiger partial charge in [-0.05, 0) is 18.2 Å². The number of nitrogens with zero attached hydrogens (tertiary/aromatic N) is 1. The maximum absolute atomic E-state index is 10.7. The van der Waals surface area contributed by atoms with Gasteiger partial charge in [-0.3, -0.25) is 9.82 Å². The molecule has 0 aliphatic rings. The van der Waals surface area contributed by atoms with Gasteiger partial charge in [0.1, 0.15) is 0 Å². The minimum Gasteiger partial charge on any atom is -0.278 e. The first kappa shape index (κ1) is 9.29. The molecule has 0 spiro atoms. The highest BCUT2D eigenvalue weighted by Gasteiger charge is 2.05. The molecule has 0 saturated heterocycles. The van der Waals surface area contributed by atoms with Crippen LogP contribution >= 0.6 is 10.7 Å². The van der Waals surface area contributed by atoms with E-state index in [9.17, 15) is 8.42 Å². The Morgan fingerprint density at radius 3 is 2.93 bits per heavy atom. The molecule has 2 aromatic rings. The Hall–Kier alpha value is -1.27. The molecule has 74 valence electrons. The monoisotopic (exact) mass is 231 g/mol. The zero-order chi connectivity index (χ0) is 10.2. The summed E-state index contributed by atoms with van der Waals surface area (Å²) in [6, 6.07) is 4.96. The van der Waals surface area contributed by atoms with Crippen molar-refractivity contribution in [2.75, 3.05) is 4.72 Å². The lowest BCUT2D eigenvalue weighted by atomic mass is 10.2. The molecule has 0 radical (unpaired) electrons. The van der Waals surface area contributed by atoms with Crippen molar-refractivity contribution in [2.45, 2.75) is 0 Å². The van der Waals surface area contributed by atoms with E-state index in [1.165, 1.54) is 0 Å². The second kappa shape index (κ2) is 3.14. The zero-order valence-electron chi connectivity index (χ0n) is 6.86. The summed E-state index contributed by atoms with van der Waals surface area (Å²) in [7, 11) is 1.29. The molecule has 0 atom stereocenters. The van der Waals surface area contributed by atoms with E-state index >= 15 is 0 Å². The molecule has 0 fully saturated rings. The smallest absolute Gasteiger partial charge is 0.278 e. The lowest BCUT2D eigenvalue weighted by Gasteiger charge is -2.00. The van der Waals surface area contributed by atoms with E-state index in [1.807, 2.05) is 0 Å². The molecular formula is C7H6ClN3O2S. The van der Waals surface area contributed by atoms with Crippen molar-refractivity contribution in [2.24, 2.45) is 0 Å². The van der Waals surface area contributed by atoms with E-state index in [2.05, 4.69) is 14.9 Å². The lowest BCUT2D eigenvalue weighted by molar-refractivity contribution is 0.614. The van der Waals surface area contributed by atoms with Gasteiger partial charge in [-0.25, -0.2) is 0 Å². The van der Waals surface area contributed by atoms with Gasteiger partial charge in [0.05, 0.1) is 17.4 Å². The molecule has 0 aliphatic carbocycles. The van der Waals surface area contributed by atoms with Crippen LogP contribution in [-0.4, -0.2) is 18.6 Å². The molecule has 0 aliphatic heterocycles. The number of aromatic amines is 1. The van der Waals surface area contributed by atoms with Crippen LogP contribution in [0.15, 0.2) is 24.4 Å². The number of benzene rings is 1. The first-order valence-electron chi connectivity index (χ1n) is 3.70. The van der Waals surface area contributed by atoms with Crippen LogP contribution in [0.25, 0.3) is 10.9 Å². The Morgan fingerprint density at radius 2 is 2.21 bits per heavy atom. The Bertz CT molecular complexity index is 563. The van der Waals surface area contributed by atoms with Crippen LogP contribution in [0.3, 0.4) is 0 Å². The molecule has 7 heteroatoms. The van der Waals surface area contributed by atoms with Crippen LogP contribution in [0.5, 0.6) is 0 Å². The summed E-state index contributed by atoms with van der Waals surface area (Å²) >= 11 is 0. The molecular weight excluding hydrogens is 226 g/mol. The molecule has 0 bridgehead atoms. The molecule has 0 amide bonds. The van der Waals surface area contributed by atoms with Crippen LogP contribution in [-0.2, 0) is 9.24 Å². The summed E-state index contributed by atoms with van der Waals surface area (Å²) in [5, 5.41) is 7.43. The van der Waals surface area contributed by atoms with Crippen LogP contribution in [0.4, 0.5) is 5.69 Å². The van der Waals surface area contributed by atoms with Gasteiger partial charge in [0.2, 0.25) is 0 Å². The maximum atomic E-state index is 10.7. The van der Waals surface area contributed by atoms with Gasteiger partial charge in [0.25, 0.3) is 0 Å². The fourth-order valence-corrected chi connectivity index (χ4v) is 1.82. The number of hydrogen-bond acceptors (Lipinski definition) is 3. The maximum Gasteiger partial charge on any atom is 0.319 e. The highest BCUT2D eigenvalue weighted by atomic mass is 35.7. The molecule has 2 rings (SSSR count). The van der Waals surface area contributed by atoms with Crippen molar-refractivity contribution < 1.29 is 8.42 Å². The standard InChI is InChI=1S/C7H6ClN3O2S/c8-14(12,13)11-6-2-1-5-4-9-10-7(5)3-6/h1-4,11H,(H,9,10). The summed E-state index contributed by atoms with van der Waals surface area (Å²) in [5.74, 6) is 0. The molecule has 0 unspecified atom stereocenters. The quantitative estimate of drug-likeness (QED) is 0.769. The molecule has 5 nitrogen and oxygen atoms in total. The first-order chi connectivity index (χ1) is 6.54. The number of aromatic nitrogens is 2. The molecule has 0 saturated carbocycles. The van der Waals surface area contributed by atoms with E-state index in [4.69, 9.17) is 10.7 Å². The van der Waals surface area contributed by atoms with Gasteiger partial charge in [-0.15, -0.1) is 0 Å². The predicted molar refractivity (Wildman–Crippen MR) is 54.5 cm³/mol. The minimum atomic E-state index is -3.74. The SMILES string of the molecule is O=S(=O)(Cl)Nc1ccc2cn[nH]c2c1. The first-order valence-corrected chi connectivity index (χ1v) is 6.01. The number of fused-ring (bicyclic) bond motifs is 1. The fraction of sp³-hybridized carbons (Fsp3) is 0. The van der Waals surface area contributed by atoms with Gasteiger partial charge in [0, 0.05) is 16.1 Å². The third kappa shape index (κ3) is 1.97. The van der Waals surface area contributed by atoms with Crippen molar-refractivity contribution in [3.63, 3.8) is 0 Å². The summed E-state index contributed by atoms with van der Waals surface area (Å²) in [4.78, 5) is 0. The van der Waals surface area contributed by atoms with Crippen molar-refractivity contribution in [1.82, 2.24) is 10.2 Å². The normalized spacial score (nSPS) is 11.8. The summed E-state index contributed by atoms with van der Waals surface area (Å²) in [6.45, 7) is 0. The van der Waals surface area contributed by atoms with Crippen molar-refractivity contribution in [1.29, 1.82) is 0 Å². The van der Waals surface area contributed by atoms with Gasteiger partial charge in [0.15, 0.2) is 0 Å². The van der Waals surface area contributed by atoms with E-state index in [-0.39, 0.29) is 0 Å². The Morgan fingerprint density at radius 1 is 1.43 bits per heavy atom. The second-order valence-corrected chi connectivity index (χ2v) is 5.01. The second-order valence-electron chi connectivity index (χ2n) is 2.71. The van der Waals surface area contributed by atoms with Crippen LogP contribution in [0.2, 0.25) is 0 Å². The van der Waals surface area contributed by atoms with Crippen molar-refractivity contribution >= 4 is 36.5 Å². The van der Waals surface area contributed by atoms with Gasteiger partial charge < -0.3 is 0 Å². The highest BCUT2D eigenvalue weighted by Crippen LogP contribution is 2.18. The van der Waals surface area contributed by atoms with E-state index < -0.39 is 9.24 Å². The Kier molecular flexibility index (Phi) is 2.09. The van der Waals surface area contributed by atoms with E-state index in [1.54, 1.807) is 24.4 Å². The molecule has 1 aromatic heterocycles.